The topological polar surface area (TPSA) is 151 Å². The van der Waals surface area contributed by atoms with Crippen LogP contribution in [0.4, 0.5) is 16.2 Å². The number of aromatic nitrogens is 1. The van der Waals surface area contributed by atoms with Crippen LogP contribution < -0.4 is 20.7 Å². The van der Waals surface area contributed by atoms with E-state index in [0.29, 0.717) is 12.7 Å². The van der Waals surface area contributed by atoms with Crippen molar-refractivity contribution in [1.29, 1.82) is 0 Å². The van der Waals surface area contributed by atoms with Gasteiger partial charge in [-0.1, -0.05) is 54.5 Å². The van der Waals surface area contributed by atoms with Crippen LogP contribution in [0.1, 0.15) is 94.2 Å². The lowest BCUT2D eigenvalue weighted by atomic mass is 10.1. The van der Waals surface area contributed by atoms with Crippen LogP contribution >= 0.6 is 0 Å². The Kier molecular flexibility index (Phi) is 26.7. The molecule has 0 spiro atoms. The Bertz CT molecular complexity index is 1710. The van der Waals surface area contributed by atoms with Crippen LogP contribution in [0, 0.1) is 5.92 Å². The molecule has 1 fully saturated rings. The van der Waals surface area contributed by atoms with E-state index in [2.05, 4.69) is 105 Å². The molecule has 2 aliphatic heterocycles. The fraction of sp³-hybridized carbons (Fsp3) is 0.533. The number of likely N-dealkylation sites (tertiary alicyclic amines) is 1. The Hall–Kier alpha value is -5.01. The number of nitrogens with one attached hydrogen (secondary N) is 3. The predicted octanol–water partition coefficient (Wildman–Crippen LogP) is 8.59. The van der Waals surface area contributed by atoms with Crippen molar-refractivity contribution in [3.05, 3.63) is 54.1 Å². The van der Waals surface area contributed by atoms with Crippen molar-refractivity contribution in [3.63, 3.8) is 0 Å². The van der Waals surface area contributed by atoms with Gasteiger partial charge in [-0.15, -0.1) is 0 Å². The van der Waals surface area contributed by atoms with Crippen LogP contribution in [0.25, 0.3) is 22.2 Å². The average Bonchev–Trinajstić information content (AvgIpc) is 3.87. The van der Waals surface area contributed by atoms with E-state index in [0.717, 1.165) is 70.5 Å². The number of nitrogens with zero attached hydrogens (tertiary/aromatic N) is 3. The Morgan fingerprint density at radius 2 is 1.69 bits per heavy atom. The molecule has 3 N–H and O–H groups in total. The average molecular weight is 809 g/mol. The Balaban J connectivity index is 0.00000103. The monoisotopic (exact) mass is 809 g/mol. The van der Waals surface area contributed by atoms with E-state index < -0.39 is 12.1 Å². The van der Waals surface area contributed by atoms with Crippen LogP contribution in [0.15, 0.2) is 54.1 Å². The zero-order valence-electron chi connectivity index (χ0n) is 37.4. The molecule has 5 rings (SSSR count). The number of aldehydes is 2. The first-order valence-electron chi connectivity index (χ1n) is 20.3. The summed E-state index contributed by atoms with van der Waals surface area (Å²) in [5.41, 5.74) is 6.27. The van der Waals surface area contributed by atoms with Gasteiger partial charge in [0.1, 0.15) is 25.1 Å². The number of carbonyl (C=O) groups is 5. The summed E-state index contributed by atoms with van der Waals surface area (Å²) in [6, 6.07) is 14.1. The lowest BCUT2D eigenvalue weighted by Gasteiger charge is -2.31. The minimum absolute atomic E-state index is 0.0451. The standard InChI is InChI=1S/C26H30N4O2.C7H13NO3.C6H15N.C3H6O.C2H6.CH2O/c1-5-16(2)26-30-21-11-9-19(28-25(31)22-7-6-12-29(22)4)13-17(21)14-23(30)20-10-8-18(27-3)15-24(20)32-26;1-5(2)6(4-9)8-7(10)11-3;1-4-6-7(3)5-2;1-2-3-4;2*1-2/h5,8-11,13-15,22,26-27H,6-7,12H2,1-4H3,(H,28,31);4-6H,1-3H3,(H,8,10);4-6H2,1-3H3;3H,2H2,1H3;1-2H3;1H2/b16-5+;;;;;/t22?,26-;;;;;/m1...../s1. The third-order valence-electron chi connectivity index (χ3n) is 9.44. The fourth-order valence-electron chi connectivity index (χ4n) is 5.93. The molecule has 0 saturated carbocycles. The quantitative estimate of drug-likeness (QED) is 0.127. The van der Waals surface area contributed by atoms with Crippen molar-refractivity contribution in [3.8, 4) is 17.0 Å². The first-order valence-corrected chi connectivity index (χ1v) is 20.3. The first kappa shape index (κ1) is 53.0. The summed E-state index contributed by atoms with van der Waals surface area (Å²) in [4.78, 5) is 55.3. The van der Waals surface area contributed by atoms with Crippen molar-refractivity contribution < 1.29 is 33.4 Å². The predicted molar refractivity (Wildman–Crippen MR) is 239 cm³/mol. The summed E-state index contributed by atoms with van der Waals surface area (Å²) < 4.78 is 13.0. The molecule has 2 aromatic carbocycles. The van der Waals surface area contributed by atoms with Gasteiger partial charge in [0.05, 0.1) is 30.4 Å². The van der Waals surface area contributed by atoms with E-state index in [1.807, 2.05) is 68.5 Å². The van der Waals surface area contributed by atoms with E-state index in [4.69, 9.17) is 9.53 Å². The van der Waals surface area contributed by atoms with Gasteiger partial charge in [-0.3, -0.25) is 9.69 Å². The zero-order chi connectivity index (χ0) is 44.4. The molecule has 324 valence electrons. The molecule has 0 bridgehead atoms. The third-order valence-corrected chi connectivity index (χ3v) is 9.44. The number of carbonyl (C=O) groups excluding carboxylic acids is 5. The molecule has 2 amide bonds. The Morgan fingerprint density at radius 1 is 1.05 bits per heavy atom. The highest BCUT2D eigenvalue weighted by Crippen LogP contribution is 2.45. The molecule has 3 atom stereocenters. The van der Waals surface area contributed by atoms with E-state index in [-0.39, 0.29) is 24.1 Å². The van der Waals surface area contributed by atoms with E-state index in [1.165, 1.54) is 26.6 Å². The molecule has 2 aliphatic rings. The molecule has 3 aromatic rings. The van der Waals surface area contributed by atoms with Crippen molar-refractivity contribution in [2.45, 2.75) is 106 Å². The number of benzene rings is 2. The minimum atomic E-state index is -0.573. The van der Waals surface area contributed by atoms with Gasteiger partial charge in [0, 0.05) is 41.9 Å². The van der Waals surface area contributed by atoms with Gasteiger partial charge in [-0.25, -0.2) is 4.79 Å². The van der Waals surface area contributed by atoms with Crippen molar-refractivity contribution in [2.24, 2.45) is 5.92 Å². The van der Waals surface area contributed by atoms with E-state index in [9.17, 15) is 19.2 Å². The summed E-state index contributed by atoms with van der Waals surface area (Å²) in [5.74, 6) is 1.03. The Labute approximate surface area is 347 Å². The summed E-state index contributed by atoms with van der Waals surface area (Å²) in [6.45, 7) is 23.4. The second-order valence-corrected chi connectivity index (χ2v) is 13.8. The molecule has 0 radical (unpaired) electrons. The number of hydrogen-bond donors (Lipinski definition) is 3. The van der Waals surface area contributed by atoms with Gasteiger partial charge in [0.2, 0.25) is 5.91 Å². The van der Waals surface area contributed by atoms with Gasteiger partial charge in [-0.2, -0.15) is 0 Å². The molecule has 0 aliphatic carbocycles. The lowest BCUT2D eigenvalue weighted by molar-refractivity contribution is -0.120. The second-order valence-electron chi connectivity index (χ2n) is 13.8. The van der Waals surface area contributed by atoms with Gasteiger partial charge in [-0.05, 0) is 115 Å². The normalized spacial score (nSPS) is 15.5. The maximum Gasteiger partial charge on any atom is 0.407 e. The second kappa shape index (κ2) is 29.2. The highest BCUT2D eigenvalue weighted by molar-refractivity contribution is 5.98. The van der Waals surface area contributed by atoms with Crippen LogP contribution in [0.3, 0.4) is 0 Å². The smallest absolute Gasteiger partial charge is 0.407 e. The summed E-state index contributed by atoms with van der Waals surface area (Å²) in [6.07, 6.45) is 6.78. The molecular weight excluding hydrogens is 737 g/mol. The molecule has 13 nitrogen and oxygen atoms in total. The van der Waals surface area contributed by atoms with Gasteiger partial charge in [0.25, 0.3) is 0 Å². The van der Waals surface area contributed by atoms with Crippen molar-refractivity contribution in [1.82, 2.24) is 19.7 Å². The summed E-state index contributed by atoms with van der Waals surface area (Å²) in [5, 5.41) is 9.79. The van der Waals surface area contributed by atoms with Gasteiger partial charge in [0.15, 0.2) is 6.23 Å². The molecule has 2 unspecified atom stereocenters. The fourth-order valence-corrected chi connectivity index (χ4v) is 5.93. The largest absolute Gasteiger partial charge is 0.465 e. The molecule has 3 heterocycles. The Morgan fingerprint density at radius 3 is 2.16 bits per heavy atom. The van der Waals surface area contributed by atoms with Crippen molar-refractivity contribution >= 4 is 53.6 Å². The van der Waals surface area contributed by atoms with Crippen LogP contribution in [-0.4, -0.2) is 106 Å². The molecule has 13 heteroatoms. The SMILES string of the molecule is C/C=C(\C)[C@H]1Oc2cc(NC)ccc2-c2cc3cc(NC(=O)C4CCCN4C)ccc3n21.C=O.CC.CCC=O.CCCN(C)CC.COC(=O)NC(C=O)C(C)C. The summed E-state index contributed by atoms with van der Waals surface area (Å²) >= 11 is 0. The number of fused-ring (bicyclic) bond motifs is 5. The minimum Gasteiger partial charge on any atom is -0.465 e. The van der Waals surface area contributed by atoms with Crippen LogP contribution in [0.5, 0.6) is 5.75 Å². The first-order chi connectivity index (χ1) is 27.8. The number of amides is 2. The number of allylic oxidation sites excluding steroid dienone is 1. The number of hydrogen-bond acceptors (Lipinski definition) is 10. The van der Waals surface area contributed by atoms with Crippen LogP contribution in [0.2, 0.25) is 0 Å². The molecule has 58 heavy (non-hydrogen) atoms. The van der Waals surface area contributed by atoms with Gasteiger partial charge >= 0.3 is 6.09 Å². The molecular formula is C45H72N6O7. The number of rotatable bonds is 11. The molecule has 1 saturated heterocycles. The zero-order valence-corrected chi connectivity index (χ0v) is 37.4. The number of methoxy groups -OCH3 is 1. The highest BCUT2D eigenvalue weighted by atomic mass is 16.5. The highest BCUT2D eigenvalue weighted by Gasteiger charge is 2.30. The van der Waals surface area contributed by atoms with E-state index in [1.54, 1.807) is 0 Å². The van der Waals surface area contributed by atoms with Crippen molar-refractivity contribution in [2.75, 3.05) is 58.5 Å². The van der Waals surface area contributed by atoms with Crippen LogP contribution in [-0.2, 0) is 23.9 Å². The van der Waals surface area contributed by atoms with Gasteiger partial charge < -0.3 is 49.3 Å². The maximum atomic E-state index is 12.8. The number of ether oxygens (including phenoxy) is 2. The summed E-state index contributed by atoms with van der Waals surface area (Å²) in [7, 11) is 7.33. The lowest BCUT2D eigenvalue weighted by Crippen LogP contribution is -2.39. The third kappa shape index (κ3) is 16.1. The number of likely N-dealkylation sites (N-methyl/N-ethyl adjacent to an activating group) is 1. The maximum absolute atomic E-state index is 12.8. The number of alkyl carbamates (subject to hydrolysis) is 1. The number of anilines is 2. The molecule has 1 aromatic heterocycles. The van der Waals surface area contributed by atoms with E-state index >= 15 is 0 Å².